The smallest absolute Gasteiger partial charge is 0.132 e. The summed E-state index contributed by atoms with van der Waals surface area (Å²) < 4.78 is 1.09. The lowest BCUT2D eigenvalue weighted by Gasteiger charge is -2.15. The summed E-state index contributed by atoms with van der Waals surface area (Å²) in [5, 5.41) is 3.48. The zero-order valence-corrected chi connectivity index (χ0v) is 14.4. The summed E-state index contributed by atoms with van der Waals surface area (Å²) in [6.45, 7) is 7.41. The molecule has 0 fully saturated rings. The summed E-state index contributed by atoms with van der Waals surface area (Å²) >= 11 is 3.50. The van der Waals surface area contributed by atoms with E-state index < -0.39 is 0 Å². The molecule has 0 spiro atoms. The van der Waals surface area contributed by atoms with Crippen LogP contribution in [0.3, 0.4) is 0 Å². The van der Waals surface area contributed by atoms with E-state index in [1.807, 2.05) is 18.3 Å². The number of nitrogens with one attached hydrogen (secondary N) is 1. The first-order valence-electron chi connectivity index (χ1n) is 7.40. The zero-order valence-electron chi connectivity index (χ0n) is 12.9. The van der Waals surface area contributed by atoms with Crippen molar-refractivity contribution < 1.29 is 0 Å². The molecule has 2 aromatic rings. The van der Waals surface area contributed by atoms with E-state index >= 15 is 0 Å². The van der Waals surface area contributed by atoms with Crippen molar-refractivity contribution in [3.63, 3.8) is 0 Å². The van der Waals surface area contributed by atoms with Crippen LogP contribution in [-0.2, 0) is 6.42 Å². The first kappa shape index (κ1) is 16.1. The molecule has 0 saturated carbocycles. The molecule has 0 aliphatic rings. The monoisotopic (exact) mass is 347 g/mol. The van der Waals surface area contributed by atoms with E-state index in [1.54, 1.807) is 0 Å². The Balaban J connectivity index is 2.11. The first-order chi connectivity index (χ1) is 10.1. The number of aryl methyl sites for hydroxylation is 1. The largest absolute Gasteiger partial charge is 0.310 e. The first-order valence-corrected chi connectivity index (χ1v) is 8.19. The van der Waals surface area contributed by atoms with Gasteiger partial charge in [0, 0.05) is 34.4 Å². The molecule has 4 heteroatoms. The predicted molar refractivity (Wildman–Crippen MR) is 90.4 cm³/mol. The molecule has 0 radical (unpaired) electrons. The van der Waals surface area contributed by atoms with Gasteiger partial charge in [-0.05, 0) is 44.5 Å². The second kappa shape index (κ2) is 7.66. The van der Waals surface area contributed by atoms with Crippen molar-refractivity contribution in [3.05, 3.63) is 57.6 Å². The van der Waals surface area contributed by atoms with Gasteiger partial charge >= 0.3 is 0 Å². The quantitative estimate of drug-likeness (QED) is 0.850. The van der Waals surface area contributed by atoms with Gasteiger partial charge in [0.15, 0.2) is 0 Å². The van der Waals surface area contributed by atoms with Gasteiger partial charge in [-0.2, -0.15) is 0 Å². The molecule has 3 nitrogen and oxygen atoms in total. The van der Waals surface area contributed by atoms with Crippen LogP contribution in [0.15, 0.2) is 34.9 Å². The van der Waals surface area contributed by atoms with Crippen molar-refractivity contribution in [2.75, 3.05) is 6.54 Å². The highest BCUT2D eigenvalue weighted by molar-refractivity contribution is 9.10. The van der Waals surface area contributed by atoms with Crippen LogP contribution in [0.5, 0.6) is 0 Å². The fraction of sp³-hybridized carbons (Fsp3) is 0.412. The Bertz CT molecular complexity index is 598. The second-order valence-corrected chi connectivity index (χ2v) is 6.23. The summed E-state index contributed by atoms with van der Waals surface area (Å²) in [4.78, 5) is 9.19. The SMILES string of the molecule is CCCNC(C)c1cnc(Cc2cccc(Br)c2)nc1C. The van der Waals surface area contributed by atoms with Gasteiger partial charge in [-0.3, -0.25) is 0 Å². The van der Waals surface area contributed by atoms with Gasteiger partial charge in [0.1, 0.15) is 5.82 Å². The molecule has 0 amide bonds. The lowest BCUT2D eigenvalue weighted by Crippen LogP contribution is -2.21. The number of aromatic nitrogens is 2. The molecular weight excluding hydrogens is 326 g/mol. The van der Waals surface area contributed by atoms with Gasteiger partial charge in [-0.1, -0.05) is 35.0 Å². The zero-order chi connectivity index (χ0) is 15.2. The van der Waals surface area contributed by atoms with E-state index in [1.165, 1.54) is 11.1 Å². The molecule has 112 valence electrons. The molecule has 0 aliphatic carbocycles. The molecule has 1 N–H and O–H groups in total. The standard InChI is InChI=1S/C17H22BrN3/c1-4-8-19-12(2)16-11-20-17(21-13(16)3)10-14-6-5-7-15(18)9-14/h5-7,9,11-12,19H,4,8,10H2,1-3H3. The Morgan fingerprint density at radius 2 is 2.14 bits per heavy atom. The third-order valence-corrected chi connectivity index (χ3v) is 3.98. The van der Waals surface area contributed by atoms with Gasteiger partial charge in [0.2, 0.25) is 0 Å². The highest BCUT2D eigenvalue weighted by Crippen LogP contribution is 2.17. The molecule has 1 heterocycles. The minimum absolute atomic E-state index is 0.296. The number of nitrogens with zero attached hydrogens (tertiary/aromatic N) is 2. The summed E-state index contributed by atoms with van der Waals surface area (Å²) in [6, 6.07) is 8.57. The molecular formula is C17H22BrN3. The predicted octanol–water partition coefficient (Wildman–Crippen LogP) is 4.20. The average Bonchev–Trinajstić information content (AvgIpc) is 2.45. The number of halogens is 1. The Morgan fingerprint density at radius 3 is 2.81 bits per heavy atom. The van der Waals surface area contributed by atoms with Crippen molar-refractivity contribution in [2.45, 2.75) is 39.7 Å². The molecule has 1 aromatic heterocycles. The lowest BCUT2D eigenvalue weighted by atomic mass is 10.1. The molecule has 21 heavy (non-hydrogen) atoms. The van der Waals surface area contributed by atoms with Crippen LogP contribution in [-0.4, -0.2) is 16.5 Å². The van der Waals surface area contributed by atoms with E-state index in [-0.39, 0.29) is 0 Å². The summed E-state index contributed by atoms with van der Waals surface area (Å²) in [5.41, 5.74) is 3.46. The Kier molecular flexibility index (Phi) is 5.88. The van der Waals surface area contributed by atoms with E-state index in [0.29, 0.717) is 6.04 Å². The normalized spacial score (nSPS) is 12.4. The number of hydrogen-bond acceptors (Lipinski definition) is 3. The minimum Gasteiger partial charge on any atom is -0.310 e. The summed E-state index contributed by atoms with van der Waals surface area (Å²) in [7, 11) is 0. The van der Waals surface area contributed by atoms with Crippen molar-refractivity contribution in [1.29, 1.82) is 0 Å². The highest BCUT2D eigenvalue weighted by Gasteiger charge is 2.10. The average molecular weight is 348 g/mol. The van der Waals surface area contributed by atoms with E-state index in [0.717, 1.165) is 35.4 Å². The van der Waals surface area contributed by atoms with Crippen LogP contribution < -0.4 is 5.32 Å². The molecule has 0 bridgehead atoms. The van der Waals surface area contributed by atoms with Crippen LogP contribution >= 0.6 is 15.9 Å². The molecule has 2 rings (SSSR count). The van der Waals surface area contributed by atoms with Gasteiger partial charge in [0.25, 0.3) is 0 Å². The van der Waals surface area contributed by atoms with E-state index in [2.05, 4.69) is 64.1 Å². The van der Waals surface area contributed by atoms with Crippen LogP contribution in [0.25, 0.3) is 0 Å². The third kappa shape index (κ3) is 4.61. The summed E-state index contributed by atoms with van der Waals surface area (Å²) in [6.07, 6.45) is 3.85. The van der Waals surface area contributed by atoms with Crippen LogP contribution in [0, 0.1) is 6.92 Å². The van der Waals surface area contributed by atoms with Crippen molar-refractivity contribution in [3.8, 4) is 0 Å². The maximum absolute atomic E-state index is 4.66. The van der Waals surface area contributed by atoms with Gasteiger partial charge < -0.3 is 5.32 Å². The maximum atomic E-state index is 4.66. The van der Waals surface area contributed by atoms with Gasteiger partial charge in [-0.15, -0.1) is 0 Å². The van der Waals surface area contributed by atoms with E-state index in [4.69, 9.17) is 0 Å². The summed E-state index contributed by atoms with van der Waals surface area (Å²) in [5.74, 6) is 0.872. The second-order valence-electron chi connectivity index (χ2n) is 5.31. The number of benzene rings is 1. The minimum atomic E-state index is 0.296. The Morgan fingerprint density at radius 1 is 1.33 bits per heavy atom. The number of rotatable bonds is 6. The van der Waals surface area contributed by atoms with Gasteiger partial charge in [0.05, 0.1) is 0 Å². The maximum Gasteiger partial charge on any atom is 0.132 e. The van der Waals surface area contributed by atoms with Crippen LogP contribution in [0.4, 0.5) is 0 Å². The third-order valence-electron chi connectivity index (χ3n) is 3.49. The van der Waals surface area contributed by atoms with E-state index in [9.17, 15) is 0 Å². The highest BCUT2D eigenvalue weighted by atomic mass is 79.9. The molecule has 1 atom stereocenters. The molecule has 1 unspecified atom stereocenters. The number of hydrogen-bond donors (Lipinski definition) is 1. The Labute approximate surface area is 135 Å². The van der Waals surface area contributed by atoms with Crippen molar-refractivity contribution >= 4 is 15.9 Å². The fourth-order valence-electron chi connectivity index (χ4n) is 2.34. The van der Waals surface area contributed by atoms with Crippen molar-refractivity contribution in [1.82, 2.24) is 15.3 Å². The van der Waals surface area contributed by atoms with Crippen LogP contribution in [0.2, 0.25) is 0 Å². The molecule has 0 aliphatic heterocycles. The van der Waals surface area contributed by atoms with Gasteiger partial charge in [-0.25, -0.2) is 9.97 Å². The molecule has 1 aromatic carbocycles. The Hall–Kier alpha value is -1.26. The van der Waals surface area contributed by atoms with Crippen molar-refractivity contribution in [2.24, 2.45) is 0 Å². The molecule has 0 saturated heterocycles. The lowest BCUT2D eigenvalue weighted by molar-refractivity contribution is 0.563. The topological polar surface area (TPSA) is 37.8 Å². The fourth-order valence-corrected chi connectivity index (χ4v) is 2.78. The van der Waals surface area contributed by atoms with Crippen LogP contribution in [0.1, 0.15) is 49.0 Å².